The monoisotopic (exact) mass is 334 g/mol. The van der Waals surface area contributed by atoms with Crippen LogP contribution in [0.15, 0.2) is 12.3 Å². The number of rotatable bonds is 4. The summed E-state index contributed by atoms with van der Waals surface area (Å²) in [6.45, 7) is 3.56. The second-order valence-corrected chi connectivity index (χ2v) is 7.26. The van der Waals surface area contributed by atoms with Crippen molar-refractivity contribution in [1.29, 1.82) is 0 Å². The van der Waals surface area contributed by atoms with E-state index in [1.807, 2.05) is 6.07 Å². The zero-order chi connectivity index (χ0) is 17.8. The number of aliphatic carboxylic acids is 1. The number of carbonyl (C=O) groups excluding carboxylic acids is 2. The Labute approximate surface area is 139 Å². The normalized spacial score (nSPS) is 31.2. The molecule has 0 bridgehead atoms. The maximum absolute atomic E-state index is 12.6. The molecule has 1 saturated carbocycles. The number of hydrogen-bond acceptors (Lipinski definition) is 4. The Morgan fingerprint density at radius 3 is 2.50 bits per heavy atom. The van der Waals surface area contributed by atoms with Gasteiger partial charge in [-0.1, -0.05) is 13.8 Å². The highest BCUT2D eigenvalue weighted by Crippen LogP contribution is 2.58. The second-order valence-electron chi connectivity index (χ2n) is 7.26. The number of aryl methyl sites for hydroxylation is 1. The minimum Gasteiger partial charge on any atom is -0.481 e. The summed E-state index contributed by atoms with van der Waals surface area (Å²) >= 11 is 0. The second kappa shape index (κ2) is 5.32. The highest BCUT2D eigenvalue weighted by atomic mass is 16.4. The molecule has 2 amide bonds. The number of aromatic nitrogens is 2. The lowest BCUT2D eigenvalue weighted by Gasteiger charge is -2.25. The minimum atomic E-state index is -0.956. The van der Waals surface area contributed by atoms with Gasteiger partial charge in [0.1, 0.15) is 0 Å². The van der Waals surface area contributed by atoms with E-state index in [1.165, 1.54) is 0 Å². The van der Waals surface area contributed by atoms with E-state index in [0.717, 1.165) is 5.69 Å². The van der Waals surface area contributed by atoms with Crippen molar-refractivity contribution < 1.29 is 19.5 Å². The number of likely N-dealkylation sites (N-methyl/N-ethyl adjacent to an activating group) is 1. The van der Waals surface area contributed by atoms with Crippen LogP contribution in [0.2, 0.25) is 0 Å². The van der Waals surface area contributed by atoms with Crippen LogP contribution in [0, 0.1) is 17.3 Å². The molecule has 8 heteroatoms. The van der Waals surface area contributed by atoms with Gasteiger partial charge in [-0.3, -0.25) is 19.1 Å². The SMILES string of the molecule is CN1C(=O)C[C@@H](NC(=O)[C@@H]2[C@H](C(=O)O)C2(C)C)[C@@H]1c1ccnn1C. The Bertz CT molecular complexity index is 711. The lowest BCUT2D eigenvalue weighted by Crippen LogP contribution is -2.41. The van der Waals surface area contributed by atoms with Gasteiger partial charge in [0, 0.05) is 26.7 Å². The van der Waals surface area contributed by atoms with Crippen LogP contribution in [0.3, 0.4) is 0 Å². The summed E-state index contributed by atoms with van der Waals surface area (Å²) in [5.41, 5.74) is 0.269. The van der Waals surface area contributed by atoms with Crippen molar-refractivity contribution in [2.45, 2.75) is 32.4 Å². The molecule has 1 aliphatic heterocycles. The fourth-order valence-electron chi connectivity index (χ4n) is 3.94. The average Bonchev–Trinajstić information content (AvgIpc) is 2.71. The highest BCUT2D eigenvalue weighted by molar-refractivity contribution is 5.92. The number of likely N-dealkylation sites (tertiary alicyclic amines) is 1. The zero-order valence-electron chi connectivity index (χ0n) is 14.2. The van der Waals surface area contributed by atoms with E-state index in [4.69, 9.17) is 0 Å². The predicted octanol–water partition coefficient (Wildman–Crippen LogP) is 0.165. The van der Waals surface area contributed by atoms with E-state index < -0.39 is 29.3 Å². The zero-order valence-corrected chi connectivity index (χ0v) is 14.2. The Kier molecular flexibility index (Phi) is 3.65. The molecule has 0 radical (unpaired) electrons. The van der Waals surface area contributed by atoms with E-state index >= 15 is 0 Å². The van der Waals surface area contributed by atoms with Crippen molar-refractivity contribution in [3.8, 4) is 0 Å². The average molecular weight is 334 g/mol. The molecule has 0 spiro atoms. The summed E-state index contributed by atoms with van der Waals surface area (Å²) in [6.07, 6.45) is 1.85. The molecule has 1 saturated heterocycles. The first-order valence-corrected chi connectivity index (χ1v) is 7.93. The van der Waals surface area contributed by atoms with E-state index in [9.17, 15) is 19.5 Å². The van der Waals surface area contributed by atoms with E-state index in [-0.39, 0.29) is 24.3 Å². The first-order valence-electron chi connectivity index (χ1n) is 7.93. The summed E-state index contributed by atoms with van der Waals surface area (Å²) in [5.74, 6) is -2.56. The summed E-state index contributed by atoms with van der Waals surface area (Å²) in [6, 6.07) is 1.12. The van der Waals surface area contributed by atoms with Gasteiger partial charge in [-0.15, -0.1) is 0 Å². The van der Waals surface area contributed by atoms with Crippen LogP contribution in [0.1, 0.15) is 32.0 Å². The van der Waals surface area contributed by atoms with Gasteiger partial charge in [-0.05, 0) is 11.5 Å². The summed E-state index contributed by atoms with van der Waals surface area (Å²) in [7, 11) is 3.49. The van der Waals surface area contributed by atoms with Crippen LogP contribution in [-0.2, 0) is 21.4 Å². The maximum atomic E-state index is 12.6. The number of carbonyl (C=O) groups is 3. The number of amides is 2. The Morgan fingerprint density at radius 2 is 2.00 bits per heavy atom. The van der Waals surface area contributed by atoms with E-state index in [0.29, 0.717) is 0 Å². The number of carboxylic acids is 1. The van der Waals surface area contributed by atoms with Crippen molar-refractivity contribution >= 4 is 17.8 Å². The van der Waals surface area contributed by atoms with Crippen LogP contribution in [0.5, 0.6) is 0 Å². The number of nitrogens with one attached hydrogen (secondary N) is 1. The van der Waals surface area contributed by atoms with Gasteiger partial charge >= 0.3 is 5.97 Å². The van der Waals surface area contributed by atoms with Gasteiger partial charge in [0.15, 0.2) is 0 Å². The molecule has 1 aliphatic carbocycles. The van der Waals surface area contributed by atoms with Gasteiger partial charge in [-0.2, -0.15) is 5.10 Å². The van der Waals surface area contributed by atoms with Crippen LogP contribution in [-0.4, -0.2) is 50.7 Å². The Balaban J connectivity index is 1.79. The molecule has 1 aromatic rings. The van der Waals surface area contributed by atoms with Crippen LogP contribution < -0.4 is 5.32 Å². The number of carboxylic acid groups (broad SMARTS) is 1. The molecule has 2 fully saturated rings. The lowest BCUT2D eigenvalue weighted by molar-refractivity contribution is -0.140. The molecule has 24 heavy (non-hydrogen) atoms. The van der Waals surface area contributed by atoms with E-state index in [2.05, 4.69) is 10.4 Å². The molecule has 130 valence electrons. The first-order chi connectivity index (χ1) is 11.2. The third-order valence-electron chi connectivity index (χ3n) is 5.45. The standard InChI is InChI=1S/C16H22N4O4/c1-16(2)11(12(16)15(23)24)14(22)18-8-7-10(21)19(3)13(8)9-5-6-17-20(9)4/h5-6,8,11-13H,7H2,1-4H3,(H,18,22)(H,23,24)/t8-,11+,12-,13-/m1/s1. The summed E-state index contributed by atoms with van der Waals surface area (Å²) < 4.78 is 1.68. The van der Waals surface area contributed by atoms with Gasteiger partial charge in [0.05, 0.1) is 29.6 Å². The van der Waals surface area contributed by atoms with Gasteiger partial charge < -0.3 is 15.3 Å². The van der Waals surface area contributed by atoms with Crippen molar-refractivity contribution in [2.24, 2.45) is 24.3 Å². The molecule has 1 aromatic heterocycles. The van der Waals surface area contributed by atoms with Crippen LogP contribution in [0.25, 0.3) is 0 Å². The minimum absolute atomic E-state index is 0.0589. The third kappa shape index (κ3) is 2.37. The van der Waals surface area contributed by atoms with Crippen LogP contribution >= 0.6 is 0 Å². The highest BCUT2D eigenvalue weighted by Gasteiger charge is 2.66. The quantitative estimate of drug-likeness (QED) is 0.816. The summed E-state index contributed by atoms with van der Waals surface area (Å²) in [4.78, 5) is 37.6. The maximum Gasteiger partial charge on any atom is 0.307 e. The van der Waals surface area contributed by atoms with Gasteiger partial charge in [0.25, 0.3) is 0 Å². The predicted molar refractivity (Wildman–Crippen MR) is 83.7 cm³/mol. The topological polar surface area (TPSA) is 105 Å². The van der Waals surface area contributed by atoms with Crippen molar-refractivity contribution in [3.63, 3.8) is 0 Å². The van der Waals surface area contributed by atoms with E-state index in [1.54, 1.807) is 43.7 Å². The molecule has 2 N–H and O–H groups in total. The molecule has 2 heterocycles. The lowest BCUT2D eigenvalue weighted by atomic mass is 10.0. The third-order valence-corrected chi connectivity index (χ3v) is 5.45. The van der Waals surface area contributed by atoms with Crippen LogP contribution in [0.4, 0.5) is 0 Å². The molecule has 2 aliphatic rings. The first kappa shape index (κ1) is 16.5. The largest absolute Gasteiger partial charge is 0.481 e. The number of nitrogens with zero attached hydrogens (tertiary/aromatic N) is 3. The molecular formula is C16H22N4O4. The number of hydrogen-bond donors (Lipinski definition) is 2. The molecule has 8 nitrogen and oxygen atoms in total. The fourth-order valence-corrected chi connectivity index (χ4v) is 3.94. The molecule has 0 aromatic carbocycles. The Morgan fingerprint density at radius 1 is 1.33 bits per heavy atom. The Hall–Kier alpha value is -2.38. The van der Waals surface area contributed by atoms with Crippen molar-refractivity contribution in [1.82, 2.24) is 20.0 Å². The van der Waals surface area contributed by atoms with Crippen molar-refractivity contribution in [2.75, 3.05) is 7.05 Å². The molecule has 3 rings (SSSR count). The molecule has 4 atom stereocenters. The van der Waals surface area contributed by atoms with Gasteiger partial charge in [-0.25, -0.2) is 0 Å². The molecular weight excluding hydrogens is 312 g/mol. The fraction of sp³-hybridized carbons (Fsp3) is 0.625. The van der Waals surface area contributed by atoms with Gasteiger partial charge in [0.2, 0.25) is 11.8 Å². The van der Waals surface area contributed by atoms with Crippen molar-refractivity contribution in [3.05, 3.63) is 18.0 Å². The smallest absolute Gasteiger partial charge is 0.307 e. The molecule has 0 unspecified atom stereocenters. The summed E-state index contributed by atoms with van der Waals surface area (Å²) in [5, 5.41) is 16.3.